The Kier molecular flexibility index (Phi) is 4.31. The van der Waals surface area contributed by atoms with Crippen LogP contribution in [0.5, 0.6) is 0 Å². The average Bonchev–Trinajstić information content (AvgIpc) is 2.61. The summed E-state index contributed by atoms with van der Waals surface area (Å²) >= 11 is 0. The molecule has 1 aromatic heterocycles. The lowest BCUT2D eigenvalue weighted by Crippen LogP contribution is -2.06. The van der Waals surface area contributed by atoms with Crippen molar-refractivity contribution in [3.63, 3.8) is 0 Å². The monoisotopic (exact) mass is 351 g/mol. The SMILES string of the molecule is Cc1ccc(-c2ccc(-c3ncccn3)c(C#N)c2S(=O)(=O)O)cc1. The van der Waals surface area contributed by atoms with E-state index in [-0.39, 0.29) is 22.5 Å². The number of aromatic nitrogens is 2. The van der Waals surface area contributed by atoms with E-state index in [1.807, 2.05) is 25.1 Å². The highest BCUT2D eigenvalue weighted by molar-refractivity contribution is 7.86. The molecule has 0 fully saturated rings. The Morgan fingerprint density at radius 1 is 1.00 bits per heavy atom. The van der Waals surface area contributed by atoms with E-state index in [0.717, 1.165) is 5.56 Å². The van der Waals surface area contributed by atoms with E-state index in [4.69, 9.17) is 0 Å². The Morgan fingerprint density at radius 2 is 1.60 bits per heavy atom. The van der Waals surface area contributed by atoms with Crippen LogP contribution in [0.3, 0.4) is 0 Å². The van der Waals surface area contributed by atoms with Crippen molar-refractivity contribution >= 4 is 10.1 Å². The van der Waals surface area contributed by atoms with Crippen LogP contribution in [0.2, 0.25) is 0 Å². The van der Waals surface area contributed by atoms with Gasteiger partial charge in [0.25, 0.3) is 10.1 Å². The molecule has 0 spiro atoms. The predicted octanol–water partition coefficient (Wildman–Crippen LogP) is 3.24. The molecule has 0 unspecified atom stereocenters. The molecule has 25 heavy (non-hydrogen) atoms. The minimum Gasteiger partial charge on any atom is -0.282 e. The summed E-state index contributed by atoms with van der Waals surface area (Å²) in [5, 5.41) is 9.56. The molecule has 3 rings (SSSR count). The largest absolute Gasteiger partial charge is 0.296 e. The van der Waals surface area contributed by atoms with Crippen LogP contribution >= 0.6 is 0 Å². The highest BCUT2D eigenvalue weighted by atomic mass is 32.2. The summed E-state index contributed by atoms with van der Waals surface area (Å²) in [7, 11) is -4.64. The van der Waals surface area contributed by atoms with Crippen LogP contribution in [0.1, 0.15) is 11.1 Å². The minimum absolute atomic E-state index is 0.188. The number of benzene rings is 2. The first-order valence-corrected chi connectivity index (χ1v) is 8.75. The first-order chi connectivity index (χ1) is 11.9. The summed E-state index contributed by atoms with van der Waals surface area (Å²) in [4.78, 5) is 7.67. The molecular weight excluding hydrogens is 338 g/mol. The zero-order valence-electron chi connectivity index (χ0n) is 13.2. The van der Waals surface area contributed by atoms with Gasteiger partial charge in [-0.1, -0.05) is 35.9 Å². The van der Waals surface area contributed by atoms with Crippen LogP contribution in [-0.2, 0) is 10.1 Å². The Bertz CT molecular complexity index is 1070. The van der Waals surface area contributed by atoms with Gasteiger partial charge in [-0.15, -0.1) is 0 Å². The topological polar surface area (TPSA) is 104 Å². The lowest BCUT2D eigenvalue weighted by atomic mass is 9.98. The standard InChI is InChI=1S/C18H13N3O3S/c1-12-3-5-13(6-4-12)14-7-8-15(18-20-9-2-10-21-18)16(11-19)17(14)25(22,23)24/h2-10H,1H3,(H,22,23,24). The normalized spacial score (nSPS) is 11.1. The van der Waals surface area contributed by atoms with Gasteiger partial charge in [-0.2, -0.15) is 13.7 Å². The smallest absolute Gasteiger partial charge is 0.282 e. The summed E-state index contributed by atoms with van der Waals surface area (Å²) in [6.45, 7) is 1.91. The fraction of sp³-hybridized carbons (Fsp3) is 0.0556. The molecule has 3 aromatic rings. The number of aryl methyl sites for hydroxylation is 1. The Balaban J connectivity index is 2.36. The molecule has 0 saturated carbocycles. The number of nitrogens with zero attached hydrogens (tertiary/aromatic N) is 3. The summed E-state index contributed by atoms with van der Waals surface area (Å²) in [6, 6.07) is 13.7. The molecule has 2 aromatic carbocycles. The van der Waals surface area contributed by atoms with E-state index >= 15 is 0 Å². The molecular formula is C18H13N3O3S. The van der Waals surface area contributed by atoms with Crippen molar-refractivity contribution in [2.45, 2.75) is 11.8 Å². The fourth-order valence-corrected chi connectivity index (χ4v) is 3.42. The van der Waals surface area contributed by atoms with Crippen molar-refractivity contribution < 1.29 is 13.0 Å². The van der Waals surface area contributed by atoms with E-state index in [9.17, 15) is 18.2 Å². The Hall–Kier alpha value is -3.08. The average molecular weight is 351 g/mol. The lowest BCUT2D eigenvalue weighted by Gasteiger charge is -2.12. The highest BCUT2D eigenvalue weighted by Gasteiger charge is 2.25. The number of hydrogen-bond acceptors (Lipinski definition) is 5. The van der Waals surface area contributed by atoms with Gasteiger partial charge in [-0.25, -0.2) is 9.97 Å². The van der Waals surface area contributed by atoms with E-state index in [1.165, 1.54) is 12.4 Å². The summed E-state index contributed by atoms with van der Waals surface area (Å²) in [5.74, 6) is 0.208. The molecule has 0 amide bonds. The van der Waals surface area contributed by atoms with Gasteiger partial charge in [0.1, 0.15) is 11.0 Å². The highest BCUT2D eigenvalue weighted by Crippen LogP contribution is 2.35. The van der Waals surface area contributed by atoms with Crippen LogP contribution in [0.4, 0.5) is 0 Å². The van der Waals surface area contributed by atoms with E-state index in [2.05, 4.69) is 9.97 Å². The van der Waals surface area contributed by atoms with Crippen LogP contribution < -0.4 is 0 Å². The lowest BCUT2D eigenvalue weighted by molar-refractivity contribution is 0.483. The molecule has 6 nitrogen and oxygen atoms in total. The van der Waals surface area contributed by atoms with E-state index in [1.54, 1.807) is 30.3 Å². The Morgan fingerprint density at radius 3 is 2.16 bits per heavy atom. The molecule has 0 atom stereocenters. The van der Waals surface area contributed by atoms with Crippen molar-refractivity contribution in [3.05, 3.63) is 66.0 Å². The number of nitriles is 1. The van der Waals surface area contributed by atoms with Crippen LogP contribution in [-0.4, -0.2) is 22.9 Å². The van der Waals surface area contributed by atoms with Gasteiger partial charge in [0, 0.05) is 23.5 Å². The van der Waals surface area contributed by atoms with Gasteiger partial charge >= 0.3 is 0 Å². The number of hydrogen-bond donors (Lipinski definition) is 1. The van der Waals surface area contributed by atoms with Crippen molar-refractivity contribution in [3.8, 4) is 28.6 Å². The van der Waals surface area contributed by atoms with Gasteiger partial charge in [-0.05, 0) is 24.6 Å². The van der Waals surface area contributed by atoms with Crippen molar-refractivity contribution in [2.75, 3.05) is 0 Å². The van der Waals surface area contributed by atoms with Crippen LogP contribution in [0.25, 0.3) is 22.5 Å². The third-order valence-electron chi connectivity index (χ3n) is 3.70. The summed E-state index contributed by atoms with van der Waals surface area (Å²) < 4.78 is 33.8. The van der Waals surface area contributed by atoms with Gasteiger partial charge < -0.3 is 0 Å². The zero-order valence-corrected chi connectivity index (χ0v) is 14.0. The third kappa shape index (κ3) is 3.26. The maximum Gasteiger partial charge on any atom is 0.296 e. The Labute approximate surface area is 145 Å². The molecule has 1 N–H and O–H groups in total. The van der Waals surface area contributed by atoms with Crippen LogP contribution in [0, 0.1) is 18.3 Å². The summed E-state index contributed by atoms with van der Waals surface area (Å²) in [5.41, 5.74) is 1.89. The second-order valence-corrected chi connectivity index (χ2v) is 6.75. The van der Waals surface area contributed by atoms with Gasteiger partial charge in [0.15, 0.2) is 5.82 Å². The second-order valence-electron chi connectivity index (χ2n) is 5.39. The molecule has 0 saturated heterocycles. The van der Waals surface area contributed by atoms with E-state index in [0.29, 0.717) is 5.56 Å². The molecule has 0 aliphatic heterocycles. The third-order valence-corrected chi connectivity index (χ3v) is 4.64. The molecule has 7 heteroatoms. The van der Waals surface area contributed by atoms with Gasteiger partial charge in [0.2, 0.25) is 0 Å². The summed E-state index contributed by atoms with van der Waals surface area (Å²) in [6.07, 6.45) is 2.98. The van der Waals surface area contributed by atoms with Crippen LogP contribution in [0.15, 0.2) is 59.8 Å². The first-order valence-electron chi connectivity index (χ1n) is 7.31. The maximum absolute atomic E-state index is 12.0. The fourth-order valence-electron chi connectivity index (χ4n) is 2.55. The van der Waals surface area contributed by atoms with Gasteiger partial charge in [0.05, 0.1) is 5.56 Å². The molecule has 0 bridgehead atoms. The van der Waals surface area contributed by atoms with Crippen molar-refractivity contribution in [1.82, 2.24) is 9.97 Å². The molecule has 0 aliphatic rings. The number of rotatable bonds is 3. The zero-order chi connectivity index (χ0) is 18.0. The maximum atomic E-state index is 12.0. The molecule has 0 radical (unpaired) electrons. The molecule has 124 valence electrons. The van der Waals surface area contributed by atoms with Crippen molar-refractivity contribution in [1.29, 1.82) is 5.26 Å². The molecule has 1 heterocycles. The minimum atomic E-state index is -4.64. The van der Waals surface area contributed by atoms with Gasteiger partial charge in [-0.3, -0.25) is 4.55 Å². The molecule has 0 aliphatic carbocycles. The van der Waals surface area contributed by atoms with E-state index < -0.39 is 15.0 Å². The van der Waals surface area contributed by atoms with Crippen molar-refractivity contribution in [2.24, 2.45) is 0 Å². The predicted molar refractivity (Wildman–Crippen MR) is 92.2 cm³/mol. The first kappa shape index (κ1) is 16.8. The second kappa shape index (κ2) is 6.43. The quantitative estimate of drug-likeness (QED) is 0.727.